The summed E-state index contributed by atoms with van der Waals surface area (Å²) >= 11 is 0. The third-order valence-electron chi connectivity index (χ3n) is 4.48. The largest absolute Gasteiger partial charge is 0.356 e. The summed E-state index contributed by atoms with van der Waals surface area (Å²) in [5, 5.41) is 3.56. The van der Waals surface area contributed by atoms with Crippen LogP contribution in [-0.2, 0) is 11.2 Å². The number of rotatable bonds is 5. The topological polar surface area (TPSA) is 44.9 Å². The lowest BCUT2D eigenvalue weighted by atomic mass is 10.0. The quantitative estimate of drug-likeness (QED) is 0.633. The highest BCUT2D eigenvalue weighted by Crippen LogP contribution is 2.27. The highest BCUT2D eigenvalue weighted by atomic mass is 19.1. The van der Waals surface area contributed by atoms with Gasteiger partial charge < -0.3 is 10.3 Å². The molecule has 2 aromatic carbocycles. The zero-order chi connectivity index (χ0) is 19.6. The van der Waals surface area contributed by atoms with E-state index in [0.717, 1.165) is 34.3 Å². The first-order valence-corrected chi connectivity index (χ1v) is 8.54. The maximum Gasteiger partial charge on any atom is 0.244 e. The first kappa shape index (κ1) is 18.8. The number of carbonyl (C=O) groups is 1. The van der Waals surface area contributed by atoms with Crippen LogP contribution in [0.5, 0.6) is 0 Å². The van der Waals surface area contributed by atoms with Gasteiger partial charge in [-0.3, -0.25) is 4.79 Å². The number of amides is 1. The Morgan fingerprint density at radius 2 is 1.89 bits per heavy atom. The maximum absolute atomic E-state index is 14.0. The fourth-order valence-electron chi connectivity index (χ4n) is 3.13. The number of carbonyl (C=O) groups excluding carboxylic acids is 1. The molecule has 2 N–H and O–H groups in total. The summed E-state index contributed by atoms with van der Waals surface area (Å²) < 4.78 is 40.4. The van der Waals surface area contributed by atoms with Crippen LogP contribution in [-0.4, -0.2) is 17.4 Å². The molecular formula is C21H19F3N2O. The van der Waals surface area contributed by atoms with Gasteiger partial charge in [-0.2, -0.15) is 0 Å². The van der Waals surface area contributed by atoms with Crippen molar-refractivity contribution in [3.05, 3.63) is 76.2 Å². The van der Waals surface area contributed by atoms with E-state index in [9.17, 15) is 18.0 Å². The van der Waals surface area contributed by atoms with E-state index in [0.29, 0.717) is 18.5 Å². The van der Waals surface area contributed by atoms with Gasteiger partial charge >= 0.3 is 0 Å². The number of aromatic amines is 1. The van der Waals surface area contributed by atoms with E-state index in [1.54, 1.807) is 6.07 Å². The Hall–Kier alpha value is -3.02. The predicted molar refractivity (Wildman–Crippen MR) is 99.8 cm³/mol. The van der Waals surface area contributed by atoms with E-state index in [1.807, 2.05) is 13.8 Å². The zero-order valence-electron chi connectivity index (χ0n) is 15.0. The summed E-state index contributed by atoms with van der Waals surface area (Å²) in [5.41, 5.74) is 3.38. The van der Waals surface area contributed by atoms with Crippen molar-refractivity contribution >= 4 is 22.9 Å². The SMILES string of the molecule is Cc1[nH]c2c(F)ccc(C)c2c1CCNC(=O)C=Cc1ccc(F)cc1F. The van der Waals surface area contributed by atoms with E-state index in [-0.39, 0.29) is 17.3 Å². The monoisotopic (exact) mass is 372 g/mol. The number of H-pyrrole nitrogens is 1. The molecule has 0 atom stereocenters. The average Bonchev–Trinajstić information content (AvgIpc) is 2.95. The lowest BCUT2D eigenvalue weighted by molar-refractivity contribution is -0.116. The van der Waals surface area contributed by atoms with Crippen molar-refractivity contribution in [2.75, 3.05) is 6.54 Å². The number of aromatic nitrogens is 1. The molecule has 0 aliphatic carbocycles. The molecule has 6 heteroatoms. The lowest BCUT2D eigenvalue weighted by Crippen LogP contribution is -2.23. The van der Waals surface area contributed by atoms with Gasteiger partial charge in [0.15, 0.2) is 0 Å². The number of halogens is 3. The fraction of sp³-hybridized carbons (Fsp3) is 0.190. The van der Waals surface area contributed by atoms with Crippen LogP contribution in [0.1, 0.15) is 22.4 Å². The highest BCUT2D eigenvalue weighted by molar-refractivity contribution is 5.92. The van der Waals surface area contributed by atoms with Gasteiger partial charge in [-0.15, -0.1) is 0 Å². The Bertz CT molecular complexity index is 1040. The molecule has 0 fully saturated rings. The number of aryl methyl sites for hydroxylation is 2. The molecule has 0 unspecified atom stereocenters. The van der Waals surface area contributed by atoms with Crippen LogP contribution >= 0.6 is 0 Å². The molecule has 1 aromatic heterocycles. The molecule has 27 heavy (non-hydrogen) atoms. The zero-order valence-corrected chi connectivity index (χ0v) is 15.0. The summed E-state index contributed by atoms with van der Waals surface area (Å²) in [7, 11) is 0. The summed E-state index contributed by atoms with van der Waals surface area (Å²) in [6.07, 6.45) is 3.02. The van der Waals surface area contributed by atoms with Crippen LogP contribution in [0, 0.1) is 31.3 Å². The van der Waals surface area contributed by atoms with Gasteiger partial charge in [-0.05, 0) is 55.7 Å². The van der Waals surface area contributed by atoms with Crippen molar-refractivity contribution in [3.8, 4) is 0 Å². The smallest absolute Gasteiger partial charge is 0.244 e. The Balaban J connectivity index is 1.65. The van der Waals surface area contributed by atoms with Crippen LogP contribution in [0.2, 0.25) is 0 Å². The van der Waals surface area contributed by atoms with Crippen molar-refractivity contribution in [1.29, 1.82) is 0 Å². The number of benzene rings is 2. The van der Waals surface area contributed by atoms with E-state index in [1.165, 1.54) is 24.3 Å². The van der Waals surface area contributed by atoms with Crippen molar-refractivity contribution in [2.24, 2.45) is 0 Å². The normalized spacial score (nSPS) is 11.4. The Labute approximate surface area is 154 Å². The van der Waals surface area contributed by atoms with E-state index in [4.69, 9.17) is 0 Å². The molecule has 140 valence electrons. The fourth-order valence-corrected chi connectivity index (χ4v) is 3.13. The number of hydrogen-bond acceptors (Lipinski definition) is 1. The standard InChI is InChI=1S/C21H19F3N2O/c1-12-3-7-17(23)21-20(12)16(13(2)26-21)9-10-25-19(27)8-5-14-4-6-15(22)11-18(14)24/h3-8,11,26H,9-10H2,1-2H3,(H,25,27). The van der Waals surface area contributed by atoms with E-state index in [2.05, 4.69) is 10.3 Å². The second-order valence-corrected chi connectivity index (χ2v) is 6.38. The second kappa shape index (κ2) is 7.70. The van der Waals surface area contributed by atoms with Gasteiger partial charge in [-0.1, -0.05) is 6.07 Å². The van der Waals surface area contributed by atoms with Gasteiger partial charge in [0.2, 0.25) is 5.91 Å². The molecule has 0 spiro atoms. The second-order valence-electron chi connectivity index (χ2n) is 6.38. The summed E-state index contributed by atoms with van der Waals surface area (Å²) in [4.78, 5) is 15.0. The number of hydrogen-bond donors (Lipinski definition) is 2. The molecular weight excluding hydrogens is 353 g/mol. The minimum Gasteiger partial charge on any atom is -0.356 e. The number of fused-ring (bicyclic) bond motifs is 1. The number of nitrogens with one attached hydrogen (secondary N) is 2. The van der Waals surface area contributed by atoms with Gasteiger partial charge in [0.25, 0.3) is 0 Å². The Kier molecular flexibility index (Phi) is 5.35. The van der Waals surface area contributed by atoms with Gasteiger partial charge in [-0.25, -0.2) is 13.2 Å². The van der Waals surface area contributed by atoms with Gasteiger partial charge in [0.1, 0.15) is 17.5 Å². The summed E-state index contributed by atoms with van der Waals surface area (Å²) in [5.74, 6) is -2.10. The van der Waals surface area contributed by atoms with E-state index >= 15 is 0 Å². The molecule has 0 aliphatic heterocycles. The molecule has 1 amide bonds. The predicted octanol–water partition coefficient (Wildman–Crippen LogP) is 4.57. The van der Waals surface area contributed by atoms with Crippen molar-refractivity contribution in [1.82, 2.24) is 10.3 Å². The minimum atomic E-state index is -0.731. The van der Waals surface area contributed by atoms with Crippen LogP contribution in [0.25, 0.3) is 17.0 Å². The molecule has 0 saturated heterocycles. The molecule has 0 saturated carbocycles. The molecule has 0 radical (unpaired) electrons. The van der Waals surface area contributed by atoms with Crippen LogP contribution in [0.4, 0.5) is 13.2 Å². The van der Waals surface area contributed by atoms with Gasteiger partial charge in [0, 0.05) is 35.3 Å². The van der Waals surface area contributed by atoms with Crippen LogP contribution < -0.4 is 5.32 Å². The maximum atomic E-state index is 14.0. The van der Waals surface area contributed by atoms with E-state index < -0.39 is 11.6 Å². The molecule has 3 aromatic rings. The third kappa shape index (κ3) is 4.05. The van der Waals surface area contributed by atoms with Crippen molar-refractivity contribution < 1.29 is 18.0 Å². The summed E-state index contributed by atoms with van der Waals surface area (Å²) in [6, 6.07) is 6.31. The Morgan fingerprint density at radius 1 is 1.11 bits per heavy atom. The van der Waals surface area contributed by atoms with Crippen molar-refractivity contribution in [3.63, 3.8) is 0 Å². The first-order valence-electron chi connectivity index (χ1n) is 8.54. The molecule has 0 aliphatic rings. The Morgan fingerprint density at radius 3 is 2.63 bits per heavy atom. The molecule has 0 bridgehead atoms. The van der Waals surface area contributed by atoms with Crippen LogP contribution in [0.3, 0.4) is 0 Å². The van der Waals surface area contributed by atoms with Crippen molar-refractivity contribution in [2.45, 2.75) is 20.3 Å². The molecule has 3 rings (SSSR count). The lowest BCUT2D eigenvalue weighted by Gasteiger charge is -2.05. The van der Waals surface area contributed by atoms with Crippen LogP contribution in [0.15, 0.2) is 36.4 Å². The molecule has 3 nitrogen and oxygen atoms in total. The average molecular weight is 372 g/mol. The minimum absolute atomic E-state index is 0.130. The van der Waals surface area contributed by atoms with Gasteiger partial charge in [0.05, 0.1) is 5.52 Å². The molecule has 1 heterocycles. The first-order chi connectivity index (χ1) is 12.9. The summed E-state index contributed by atoms with van der Waals surface area (Å²) in [6.45, 7) is 4.13. The third-order valence-corrected chi connectivity index (χ3v) is 4.48. The highest BCUT2D eigenvalue weighted by Gasteiger charge is 2.13.